The second-order valence-corrected chi connectivity index (χ2v) is 9.60. The van der Waals surface area contributed by atoms with E-state index >= 15 is 0 Å². The van der Waals surface area contributed by atoms with Crippen LogP contribution in [0.25, 0.3) is 5.70 Å². The number of aromatic nitrogens is 2. The van der Waals surface area contributed by atoms with Crippen molar-refractivity contribution < 1.29 is 22.4 Å². The first kappa shape index (κ1) is 21.7. The lowest BCUT2D eigenvalue weighted by atomic mass is 9.89. The third-order valence-corrected chi connectivity index (χ3v) is 7.53. The number of H-pyrrole nitrogens is 1. The molecule has 1 atom stereocenters. The predicted octanol–water partition coefficient (Wildman–Crippen LogP) is 2.84. The van der Waals surface area contributed by atoms with Gasteiger partial charge in [-0.2, -0.15) is 13.5 Å². The number of nitrogens with one attached hydrogen (secondary N) is 1. The van der Waals surface area contributed by atoms with Crippen molar-refractivity contribution in [3.8, 4) is 5.75 Å². The topological polar surface area (TPSA) is 131 Å². The first-order valence-corrected chi connectivity index (χ1v) is 11.7. The number of methoxy groups -OCH3 is 1. The normalized spacial score (nSPS) is 18.5. The highest BCUT2D eigenvalue weighted by Crippen LogP contribution is 2.45. The predicted molar refractivity (Wildman–Crippen MR) is 118 cm³/mol. The van der Waals surface area contributed by atoms with Crippen molar-refractivity contribution in [2.45, 2.75) is 31.9 Å². The van der Waals surface area contributed by atoms with Crippen LogP contribution >= 0.6 is 0 Å². The number of aryl methyl sites for hydroxylation is 1. The van der Waals surface area contributed by atoms with Crippen LogP contribution in [0.2, 0.25) is 0 Å². The molecule has 2 aromatic rings. The van der Waals surface area contributed by atoms with Crippen molar-refractivity contribution in [2.75, 3.05) is 31.8 Å². The lowest BCUT2D eigenvalue weighted by Crippen LogP contribution is -2.29. The van der Waals surface area contributed by atoms with Gasteiger partial charge in [-0.15, -0.1) is 0 Å². The summed E-state index contributed by atoms with van der Waals surface area (Å²) in [5.74, 6) is 0.877. The van der Waals surface area contributed by atoms with Crippen LogP contribution in [0, 0.1) is 19.8 Å². The zero-order chi connectivity index (χ0) is 22.3. The molecule has 2 aliphatic heterocycles. The van der Waals surface area contributed by atoms with E-state index < -0.39 is 15.4 Å². The summed E-state index contributed by atoms with van der Waals surface area (Å²) in [5, 5.41) is 6.31. The van der Waals surface area contributed by atoms with Gasteiger partial charge in [0.15, 0.2) is 5.82 Å². The number of anilines is 2. The molecule has 0 radical (unpaired) electrons. The molecule has 4 N–H and O–H groups in total. The largest absolute Gasteiger partial charge is 0.496 e. The molecule has 10 heteroatoms. The first-order valence-electron chi connectivity index (χ1n) is 10.2. The van der Waals surface area contributed by atoms with Crippen molar-refractivity contribution in [2.24, 2.45) is 11.7 Å². The number of hydrogen-bond acceptors (Lipinski definition) is 7. The standard InChI is InChI=1S/C21H28N4O5S/c1-12-13(2)23-24-21(12)25-7-4-17(22)15-10-16(19(29-3)11-18(15)25)20(31(26,27)28)14-5-8-30-9-6-14/h4,10-11,14,20H,5-9,22H2,1-3H3,(H,23,24)(H,26,27,28). The lowest BCUT2D eigenvalue weighted by Gasteiger charge is -2.33. The van der Waals surface area contributed by atoms with Gasteiger partial charge in [-0.25, -0.2) is 0 Å². The monoisotopic (exact) mass is 448 g/mol. The van der Waals surface area contributed by atoms with Gasteiger partial charge in [0.05, 0.1) is 12.8 Å². The van der Waals surface area contributed by atoms with Gasteiger partial charge < -0.3 is 20.1 Å². The fourth-order valence-corrected chi connectivity index (χ4v) is 5.71. The van der Waals surface area contributed by atoms with Crippen molar-refractivity contribution in [1.82, 2.24) is 10.2 Å². The Bertz CT molecular complexity index is 1120. The summed E-state index contributed by atoms with van der Waals surface area (Å²) in [7, 11) is -2.90. The van der Waals surface area contributed by atoms with E-state index in [4.69, 9.17) is 15.2 Å². The van der Waals surface area contributed by atoms with Crippen LogP contribution in [0.4, 0.5) is 11.5 Å². The van der Waals surface area contributed by atoms with Gasteiger partial charge in [0.2, 0.25) is 0 Å². The molecule has 1 aromatic heterocycles. The van der Waals surface area contributed by atoms with Crippen molar-refractivity contribution in [3.63, 3.8) is 0 Å². The molecule has 1 unspecified atom stereocenters. The number of nitrogens with two attached hydrogens (primary N) is 1. The maximum absolute atomic E-state index is 12.5. The summed E-state index contributed by atoms with van der Waals surface area (Å²) in [6.07, 6.45) is 2.95. The van der Waals surface area contributed by atoms with Crippen LogP contribution in [0.15, 0.2) is 18.2 Å². The molecule has 2 aliphatic rings. The van der Waals surface area contributed by atoms with Crippen LogP contribution in [0.3, 0.4) is 0 Å². The van der Waals surface area contributed by atoms with E-state index in [1.165, 1.54) is 7.11 Å². The van der Waals surface area contributed by atoms with Crippen molar-refractivity contribution >= 4 is 27.3 Å². The van der Waals surface area contributed by atoms with E-state index in [2.05, 4.69) is 10.2 Å². The Morgan fingerprint density at radius 3 is 2.61 bits per heavy atom. The van der Waals surface area contributed by atoms with Gasteiger partial charge in [0, 0.05) is 53.9 Å². The Hall–Kier alpha value is -2.56. The molecule has 0 bridgehead atoms. The van der Waals surface area contributed by atoms with Crippen molar-refractivity contribution in [3.05, 3.63) is 40.6 Å². The molecule has 3 heterocycles. The number of fused-ring (bicyclic) bond motifs is 1. The Morgan fingerprint density at radius 2 is 2.03 bits per heavy atom. The quantitative estimate of drug-likeness (QED) is 0.595. The second-order valence-electron chi connectivity index (χ2n) is 8.06. The molecule has 1 aromatic carbocycles. The van der Waals surface area contributed by atoms with E-state index in [9.17, 15) is 13.0 Å². The van der Waals surface area contributed by atoms with Crippen LogP contribution in [-0.4, -0.2) is 50.0 Å². The van der Waals surface area contributed by atoms with Gasteiger partial charge in [-0.1, -0.05) is 0 Å². The number of nitrogens with zero attached hydrogens (tertiary/aromatic N) is 2. The molecular formula is C21H28N4O5S. The molecular weight excluding hydrogens is 420 g/mol. The summed E-state index contributed by atoms with van der Waals surface area (Å²) in [4.78, 5) is 2.01. The SMILES string of the molecule is COc1cc2c(cc1C(C1CCOCC1)S(=O)(=O)O)C(N)=CCN2c1n[nH]c(C)c1C. The molecule has 9 nitrogen and oxygen atoms in total. The zero-order valence-electron chi connectivity index (χ0n) is 17.9. The lowest BCUT2D eigenvalue weighted by molar-refractivity contribution is 0.0640. The van der Waals surface area contributed by atoms with Crippen LogP contribution in [0.1, 0.15) is 40.5 Å². The van der Waals surface area contributed by atoms with E-state index in [0.717, 1.165) is 22.8 Å². The third kappa shape index (κ3) is 3.90. The Morgan fingerprint density at radius 1 is 1.32 bits per heavy atom. The molecule has 0 aliphatic carbocycles. The molecule has 4 rings (SSSR count). The highest BCUT2D eigenvalue weighted by molar-refractivity contribution is 7.86. The minimum Gasteiger partial charge on any atom is -0.496 e. The van der Waals surface area contributed by atoms with E-state index in [1.54, 1.807) is 12.1 Å². The number of hydrogen-bond donors (Lipinski definition) is 3. The molecule has 0 saturated carbocycles. The summed E-state index contributed by atoms with van der Waals surface area (Å²) in [6.45, 7) is 5.37. The molecule has 168 valence electrons. The minimum absolute atomic E-state index is 0.281. The smallest absolute Gasteiger partial charge is 0.272 e. The van der Waals surface area contributed by atoms with Gasteiger partial charge in [-0.05, 0) is 44.7 Å². The molecule has 31 heavy (non-hydrogen) atoms. The second kappa shape index (κ2) is 8.18. The summed E-state index contributed by atoms with van der Waals surface area (Å²) in [5.41, 5.74) is 10.7. The maximum atomic E-state index is 12.5. The van der Waals surface area contributed by atoms with E-state index in [-0.39, 0.29) is 5.92 Å². The Kier molecular flexibility index (Phi) is 5.71. The van der Waals surface area contributed by atoms with Gasteiger partial charge >= 0.3 is 0 Å². The minimum atomic E-state index is -4.39. The zero-order valence-corrected chi connectivity index (χ0v) is 18.7. The average Bonchev–Trinajstić information content (AvgIpc) is 3.06. The molecule has 1 saturated heterocycles. The average molecular weight is 449 g/mol. The van der Waals surface area contributed by atoms with Crippen LogP contribution < -0.4 is 15.4 Å². The first-order chi connectivity index (χ1) is 14.7. The van der Waals surface area contributed by atoms with Crippen LogP contribution in [0.5, 0.6) is 5.75 Å². The number of rotatable bonds is 5. The third-order valence-electron chi connectivity index (χ3n) is 6.25. The van der Waals surface area contributed by atoms with Crippen molar-refractivity contribution in [1.29, 1.82) is 0 Å². The Balaban J connectivity index is 1.87. The number of aromatic amines is 1. The highest BCUT2D eigenvalue weighted by Gasteiger charge is 2.38. The number of ether oxygens (including phenoxy) is 2. The van der Waals surface area contributed by atoms with Gasteiger partial charge in [-0.3, -0.25) is 9.65 Å². The van der Waals surface area contributed by atoms with Gasteiger partial charge in [0.25, 0.3) is 10.1 Å². The summed E-state index contributed by atoms with van der Waals surface area (Å²) >= 11 is 0. The molecule has 1 fully saturated rings. The van der Waals surface area contributed by atoms with Crippen LogP contribution in [-0.2, 0) is 14.9 Å². The molecule has 0 amide bonds. The number of benzene rings is 1. The highest BCUT2D eigenvalue weighted by atomic mass is 32.2. The summed E-state index contributed by atoms with van der Waals surface area (Å²) < 4.78 is 46.1. The fourth-order valence-electron chi connectivity index (χ4n) is 4.45. The van der Waals surface area contributed by atoms with E-state index in [1.807, 2.05) is 24.8 Å². The fraction of sp³-hybridized carbons (Fsp3) is 0.476. The maximum Gasteiger partial charge on any atom is 0.272 e. The molecule has 0 spiro atoms. The Labute approximate surface area is 182 Å². The van der Waals surface area contributed by atoms with E-state index in [0.29, 0.717) is 55.2 Å². The summed E-state index contributed by atoms with van der Waals surface area (Å²) in [6, 6.07) is 3.51. The van der Waals surface area contributed by atoms with Gasteiger partial charge in [0.1, 0.15) is 11.0 Å².